The average molecular weight is 442 g/mol. The second-order valence-electron chi connectivity index (χ2n) is 5.31. The third-order valence-corrected chi connectivity index (χ3v) is 5.24. The number of nitrogens with one attached hydrogen (secondary N) is 1. The van der Waals surface area contributed by atoms with Crippen molar-refractivity contribution < 1.29 is 12.8 Å². The van der Waals surface area contributed by atoms with Crippen LogP contribution in [0.25, 0.3) is 11.3 Å². The highest BCUT2D eigenvalue weighted by Crippen LogP contribution is 2.31. The fourth-order valence-corrected chi connectivity index (χ4v) is 3.54. The lowest BCUT2D eigenvalue weighted by Gasteiger charge is -2.06. The molecule has 0 amide bonds. The quantitative estimate of drug-likeness (QED) is 0.605. The van der Waals surface area contributed by atoms with Crippen LogP contribution >= 0.6 is 27.5 Å². The summed E-state index contributed by atoms with van der Waals surface area (Å²) in [5.74, 6) is 1.41. The van der Waals surface area contributed by atoms with Gasteiger partial charge in [0.15, 0.2) is 0 Å². The van der Waals surface area contributed by atoms with E-state index < -0.39 is 10.0 Å². The Balaban J connectivity index is 1.70. The van der Waals surface area contributed by atoms with Gasteiger partial charge in [-0.3, -0.25) is 0 Å². The summed E-state index contributed by atoms with van der Waals surface area (Å²) in [6, 6.07) is 15.5. The summed E-state index contributed by atoms with van der Waals surface area (Å²) in [5, 5.41) is 8.83. The van der Waals surface area contributed by atoms with Crippen LogP contribution in [0.3, 0.4) is 0 Å². The lowest BCUT2D eigenvalue weighted by atomic mass is 10.2. The number of benzene rings is 2. The molecule has 0 aliphatic carbocycles. The standard InChI is InChI=1S/C17H14BrClN2O3S/c18-11-1-7-15(16(19)9-11)17-8-4-13(24-17)10-21-12-2-5-14(6-3-12)25(20,22)23/h1-9,21H,10H2,(H2,20,22,23). The topological polar surface area (TPSA) is 85.3 Å². The van der Waals surface area contributed by atoms with Gasteiger partial charge in [-0.05, 0) is 54.6 Å². The predicted molar refractivity (Wildman–Crippen MR) is 102 cm³/mol. The third kappa shape index (κ3) is 4.43. The maximum Gasteiger partial charge on any atom is 0.238 e. The van der Waals surface area contributed by atoms with Gasteiger partial charge in [-0.25, -0.2) is 13.6 Å². The van der Waals surface area contributed by atoms with Crippen LogP contribution in [0.4, 0.5) is 5.69 Å². The molecule has 2 aromatic carbocycles. The minimum absolute atomic E-state index is 0.0724. The molecule has 0 atom stereocenters. The first-order valence-electron chi connectivity index (χ1n) is 7.24. The lowest BCUT2D eigenvalue weighted by molar-refractivity contribution is 0.531. The number of sulfonamides is 1. The fourth-order valence-electron chi connectivity index (χ4n) is 2.26. The Labute approximate surface area is 159 Å². The summed E-state index contributed by atoms with van der Waals surface area (Å²) in [5.41, 5.74) is 1.57. The van der Waals surface area contributed by atoms with Gasteiger partial charge < -0.3 is 9.73 Å². The van der Waals surface area contributed by atoms with Crippen molar-refractivity contribution in [1.29, 1.82) is 0 Å². The van der Waals surface area contributed by atoms with E-state index in [-0.39, 0.29) is 4.90 Å². The Morgan fingerprint density at radius 2 is 1.80 bits per heavy atom. The summed E-state index contributed by atoms with van der Waals surface area (Å²) >= 11 is 9.60. The van der Waals surface area contributed by atoms with Crippen molar-refractivity contribution in [3.8, 4) is 11.3 Å². The Morgan fingerprint density at radius 1 is 1.08 bits per heavy atom. The fraction of sp³-hybridized carbons (Fsp3) is 0.0588. The van der Waals surface area contributed by atoms with Gasteiger partial charge >= 0.3 is 0 Å². The molecule has 0 fully saturated rings. The van der Waals surface area contributed by atoms with Crippen LogP contribution < -0.4 is 10.5 Å². The minimum atomic E-state index is -3.68. The van der Waals surface area contributed by atoms with Gasteiger partial charge in [0.1, 0.15) is 11.5 Å². The molecule has 3 rings (SSSR count). The summed E-state index contributed by atoms with van der Waals surface area (Å²) in [6.45, 7) is 0.447. The molecule has 0 unspecified atom stereocenters. The van der Waals surface area contributed by atoms with Crippen molar-refractivity contribution in [1.82, 2.24) is 0 Å². The first kappa shape index (κ1) is 18.0. The zero-order chi connectivity index (χ0) is 18.0. The minimum Gasteiger partial charge on any atom is -0.459 e. The van der Waals surface area contributed by atoms with E-state index in [1.54, 1.807) is 12.1 Å². The highest BCUT2D eigenvalue weighted by Gasteiger charge is 2.10. The zero-order valence-electron chi connectivity index (χ0n) is 12.9. The molecule has 3 N–H and O–H groups in total. The summed E-state index contributed by atoms with van der Waals surface area (Å²) < 4.78 is 29.2. The smallest absolute Gasteiger partial charge is 0.238 e. The van der Waals surface area contributed by atoms with Crippen LogP contribution in [0.2, 0.25) is 5.02 Å². The number of halogens is 2. The summed E-state index contributed by atoms with van der Waals surface area (Å²) in [6.07, 6.45) is 0. The molecule has 1 aromatic heterocycles. The van der Waals surface area contributed by atoms with Gasteiger partial charge in [0.2, 0.25) is 10.0 Å². The maximum atomic E-state index is 11.2. The third-order valence-electron chi connectivity index (χ3n) is 3.51. The van der Waals surface area contributed by atoms with E-state index in [2.05, 4.69) is 21.2 Å². The van der Waals surface area contributed by atoms with Gasteiger partial charge in [-0.15, -0.1) is 0 Å². The van der Waals surface area contributed by atoms with Crippen LogP contribution in [0.1, 0.15) is 5.76 Å². The van der Waals surface area contributed by atoms with Crippen molar-refractivity contribution >= 4 is 43.2 Å². The molecule has 1 heterocycles. The number of nitrogens with two attached hydrogens (primary N) is 1. The summed E-state index contributed by atoms with van der Waals surface area (Å²) in [4.78, 5) is 0.0724. The number of hydrogen-bond acceptors (Lipinski definition) is 4. The van der Waals surface area contributed by atoms with Gasteiger partial charge in [0, 0.05) is 15.7 Å². The number of rotatable bonds is 5. The Morgan fingerprint density at radius 3 is 2.44 bits per heavy atom. The normalized spacial score (nSPS) is 11.5. The van der Waals surface area contributed by atoms with E-state index in [0.29, 0.717) is 17.3 Å². The van der Waals surface area contributed by atoms with Crippen molar-refractivity contribution in [3.63, 3.8) is 0 Å². The monoisotopic (exact) mass is 440 g/mol. The van der Waals surface area contributed by atoms with Gasteiger partial charge in [0.05, 0.1) is 16.5 Å². The SMILES string of the molecule is NS(=O)(=O)c1ccc(NCc2ccc(-c3ccc(Br)cc3Cl)o2)cc1. The van der Waals surface area contributed by atoms with Gasteiger partial charge in [-0.1, -0.05) is 27.5 Å². The molecular formula is C17H14BrClN2O3S. The molecule has 25 heavy (non-hydrogen) atoms. The van der Waals surface area contributed by atoms with E-state index in [4.69, 9.17) is 21.2 Å². The van der Waals surface area contributed by atoms with Crippen molar-refractivity contribution in [2.24, 2.45) is 5.14 Å². The van der Waals surface area contributed by atoms with Crippen molar-refractivity contribution in [3.05, 3.63) is 69.9 Å². The number of hydrogen-bond donors (Lipinski definition) is 2. The molecule has 5 nitrogen and oxygen atoms in total. The maximum absolute atomic E-state index is 11.2. The highest BCUT2D eigenvalue weighted by molar-refractivity contribution is 9.10. The van der Waals surface area contributed by atoms with Crippen LogP contribution in [-0.4, -0.2) is 8.42 Å². The largest absolute Gasteiger partial charge is 0.459 e. The Kier molecular flexibility index (Phi) is 5.19. The average Bonchev–Trinajstić information content (AvgIpc) is 3.01. The van der Waals surface area contributed by atoms with Crippen LogP contribution in [-0.2, 0) is 16.6 Å². The Hall–Kier alpha value is -1.80. The first-order chi connectivity index (χ1) is 11.8. The van der Waals surface area contributed by atoms with Crippen molar-refractivity contribution in [2.45, 2.75) is 11.4 Å². The molecule has 0 bridgehead atoms. The van der Waals surface area contributed by atoms with Crippen molar-refractivity contribution in [2.75, 3.05) is 5.32 Å². The first-order valence-corrected chi connectivity index (χ1v) is 9.95. The molecule has 0 saturated carbocycles. The molecule has 130 valence electrons. The number of primary sulfonamides is 1. The Bertz CT molecular complexity index is 1000. The van der Waals surface area contributed by atoms with Crippen LogP contribution in [0.5, 0.6) is 0 Å². The molecule has 0 radical (unpaired) electrons. The van der Waals surface area contributed by atoms with Crippen LogP contribution in [0.15, 0.2) is 68.4 Å². The van der Waals surface area contributed by atoms with Gasteiger partial charge in [-0.2, -0.15) is 0 Å². The van der Waals surface area contributed by atoms with E-state index in [0.717, 1.165) is 21.5 Å². The second kappa shape index (κ2) is 7.21. The van der Waals surface area contributed by atoms with E-state index in [9.17, 15) is 8.42 Å². The summed E-state index contributed by atoms with van der Waals surface area (Å²) in [7, 11) is -3.68. The molecule has 0 aliphatic heterocycles. The molecule has 3 aromatic rings. The second-order valence-corrected chi connectivity index (χ2v) is 8.20. The van der Waals surface area contributed by atoms with E-state index in [1.165, 1.54) is 12.1 Å². The van der Waals surface area contributed by atoms with Gasteiger partial charge in [0.25, 0.3) is 0 Å². The number of furan rings is 1. The molecule has 0 spiro atoms. The van der Waals surface area contributed by atoms with E-state index >= 15 is 0 Å². The lowest BCUT2D eigenvalue weighted by Crippen LogP contribution is -2.11. The predicted octanol–water partition coefficient (Wildman–Crippen LogP) is 4.62. The highest BCUT2D eigenvalue weighted by atomic mass is 79.9. The molecular weight excluding hydrogens is 428 g/mol. The molecule has 0 aliphatic rings. The zero-order valence-corrected chi connectivity index (χ0v) is 16.0. The molecule has 8 heteroatoms. The van der Waals surface area contributed by atoms with Crippen LogP contribution in [0, 0.1) is 0 Å². The van der Waals surface area contributed by atoms with E-state index in [1.807, 2.05) is 30.3 Å². The number of anilines is 1. The molecule has 0 saturated heterocycles.